The number of rotatable bonds is 5. The lowest BCUT2D eigenvalue weighted by Crippen LogP contribution is -2.23. The number of carbonyl (C=O) groups is 1. The molecule has 0 aliphatic rings. The van der Waals surface area contributed by atoms with Crippen LogP contribution in [0.4, 0.5) is 5.69 Å². The second kappa shape index (κ2) is 8.64. The summed E-state index contributed by atoms with van der Waals surface area (Å²) in [5.74, 6) is 0.393. The van der Waals surface area contributed by atoms with Crippen LogP contribution < -0.4 is 20.2 Å². The van der Waals surface area contributed by atoms with Crippen molar-refractivity contribution >= 4 is 35.2 Å². The highest BCUT2D eigenvalue weighted by molar-refractivity contribution is 7.80. The van der Waals surface area contributed by atoms with Crippen molar-refractivity contribution in [3.8, 4) is 11.5 Å². The van der Waals surface area contributed by atoms with Gasteiger partial charge in [0.15, 0.2) is 16.6 Å². The number of hydrogen-bond donors (Lipinski definition) is 2. The van der Waals surface area contributed by atoms with Gasteiger partial charge >= 0.3 is 5.97 Å². The summed E-state index contributed by atoms with van der Waals surface area (Å²) in [4.78, 5) is 11.0. The van der Waals surface area contributed by atoms with E-state index < -0.39 is 5.97 Å². The van der Waals surface area contributed by atoms with Crippen molar-refractivity contribution < 1.29 is 14.3 Å². The van der Waals surface area contributed by atoms with Gasteiger partial charge in [0.2, 0.25) is 0 Å². The highest BCUT2D eigenvalue weighted by Crippen LogP contribution is 2.27. The van der Waals surface area contributed by atoms with Crippen LogP contribution in [0.1, 0.15) is 12.5 Å². The van der Waals surface area contributed by atoms with E-state index in [-0.39, 0.29) is 0 Å². The first-order chi connectivity index (χ1) is 11.6. The molecular weight excluding hydrogens is 326 g/mol. The Bertz CT molecular complexity index is 748. The van der Waals surface area contributed by atoms with Gasteiger partial charge in [-0.3, -0.25) is 10.2 Å². The molecule has 0 saturated carbocycles. The maximum Gasteiger partial charge on any atom is 0.308 e. The fourth-order valence-electron chi connectivity index (χ4n) is 1.85. The van der Waals surface area contributed by atoms with E-state index >= 15 is 0 Å². The van der Waals surface area contributed by atoms with E-state index in [1.807, 2.05) is 30.3 Å². The minimum atomic E-state index is -0.409. The fourth-order valence-corrected chi connectivity index (χ4v) is 2.02. The molecule has 0 aliphatic carbocycles. The number of benzene rings is 2. The lowest BCUT2D eigenvalue weighted by molar-refractivity contribution is -0.132. The third-order valence-electron chi connectivity index (χ3n) is 2.85. The number of anilines is 1. The predicted molar refractivity (Wildman–Crippen MR) is 97.7 cm³/mol. The Labute approximate surface area is 145 Å². The van der Waals surface area contributed by atoms with E-state index in [1.54, 1.807) is 24.4 Å². The number of esters is 1. The van der Waals surface area contributed by atoms with Crippen LogP contribution in [-0.2, 0) is 4.79 Å². The summed E-state index contributed by atoms with van der Waals surface area (Å²) >= 11 is 5.15. The van der Waals surface area contributed by atoms with E-state index in [9.17, 15) is 4.79 Å². The van der Waals surface area contributed by atoms with Crippen LogP contribution in [0, 0.1) is 0 Å². The van der Waals surface area contributed by atoms with Crippen LogP contribution in [0.2, 0.25) is 0 Å². The number of thiocarbonyl (C=S) groups is 1. The second-order valence-electron chi connectivity index (χ2n) is 4.69. The average molecular weight is 343 g/mol. The average Bonchev–Trinajstić information content (AvgIpc) is 2.56. The molecule has 0 fully saturated rings. The maximum absolute atomic E-state index is 11.0. The molecular formula is C17H17N3O3S. The highest BCUT2D eigenvalue weighted by atomic mass is 32.1. The van der Waals surface area contributed by atoms with E-state index in [4.69, 9.17) is 21.7 Å². The van der Waals surface area contributed by atoms with Gasteiger partial charge in [-0.2, -0.15) is 5.10 Å². The number of nitrogens with zero attached hydrogens (tertiary/aromatic N) is 1. The summed E-state index contributed by atoms with van der Waals surface area (Å²) in [6.45, 7) is 1.33. The van der Waals surface area contributed by atoms with Crippen molar-refractivity contribution in [2.45, 2.75) is 6.92 Å². The first kappa shape index (κ1) is 17.4. The standard InChI is InChI=1S/C17H17N3O3S/c1-12(21)23-15-9-8-13(10-16(15)22-2)11-18-20-17(24)19-14-6-4-3-5-7-14/h3-11H,1-2H3,(H2,19,20,24). The monoisotopic (exact) mass is 343 g/mol. The predicted octanol–water partition coefficient (Wildman–Crippen LogP) is 2.94. The number of ether oxygens (including phenoxy) is 2. The Morgan fingerprint density at radius 1 is 1.17 bits per heavy atom. The van der Waals surface area contributed by atoms with E-state index in [1.165, 1.54) is 14.0 Å². The molecule has 0 saturated heterocycles. The number of methoxy groups -OCH3 is 1. The van der Waals surface area contributed by atoms with Crippen LogP contribution in [0.25, 0.3) is 0 Å². The fraction of sp³-hybridized carbons (Fsp3) is 0.118. The van der Waals surface area contributed by atoms with Crippen molar-refractivity contribution in [2.24, 2.45) is 5.10 Å². The summed E-state index contributed by atoms with van der Waals surface area (Å²) in [7, 11) is 1.50. The SMILES string of the molecule is COc1cc(C=NNC(=S)Nc2ccccc2)ccc1OC(C)=O. The van der Waals surface area contributed by atoms with E-state index in [0.717, 1.165) is 11.3 Å². The lowest BCUT2D eigenvalue weighted by Gasteiger charge is -2.08. The molecule has 0 aliphatic heterocycles. The van der Waals surface area contributed by atoms with Crippen LogP contribution in [0.5, 0.6) is 11.5 Å². The Morgan fingerprint density at radius 3 is 2.58 bits per heavy atom. The molecule has 7 heteroatoms. The summed E-state index contributed by atoms with van der Waals surface area (Å²) < 4.78 is 10.2. The van der Waals surface area contributed by atoms with Gasteiger partial charge in [0.1, 0.15) is 0 Å². The molecule has 0 bridgehead atoms. The molecule has 0 amide bonds. The normalized spacial score (nSPS) is 10.2. The van der Waals surface area contributed by atoms with E-state index in [0.29, 0.717) is 16.6 Å². The number of carbonyl (C=O) groups excluding carboxylic acids is 1. The molecule has 2 rings (SSSR count). The summed E-state index contributed by atoms with van der Waals surface area (Å²) in [6, 6.07) is 14.6. The van der Waals surface area contributed by atoms with Crippen LogP contribution in [0.15, 0.2) is 53.6 Å². The van der Waals surface area contributed by atoms with Gasteiger partial charge in [-0.1, -0.05) is 18.2 Å². The third-order valence-corrected chi connectivity index (χ3v) is 3.05. The minimum absolute atomic E-state index is 0.358. The van der Waals surface area contributed by atoms with Gasteiger partial charge in [0.05, 0.1) is 13.3 Å². The third kappa shape index (κ3) is 5.36. The molecule has 2 N–H and O–H groups in total. The molecule has 124 valence electrons. The lowest BCUT2D eigenvalue weighted by atomic mass is 10.2. The smallest absolute Gasteiger partial charge is 0.308 e. The Balaban J connectivity index is 1.96. The van der Waals surface area contributed by atoms with Crippen molar-refractivity contribution in [1.29, 1.82) is 0 Å². The topological polar surface area (TPSA) is 71.9 Å². The first-order valence-electron chi connectivity index (χ1n) is 7.10. The van der Waals surface area contributed by atoms with Gasteiger partial charge in [0, 0.05) is 12.6 Å². The van der Waals surface area contributed by atoms with Crippen molar-refractivity contribution in [3.63, 3.8) is 0 Å². The molecule has 0 aromatic heterocycles. The molecule has 0 unspecified atom stereocenters. The zero-order valence-electron chi connectivity index (χ0n) is 13.3. The number of hydrogen-bond acceptors (Lipinski definition) is 5. The van der Waals surface area contributed by atoms with Crippen molar-refractivity contribution in [1.82, 2.24) is 5.43 Å². The number of para-hydroxylation sites is 1. The number of hydrazone groups is 1. The second-order valence-corrected chi connectivity index (χ2v) is 5.10. The van der Waals surface area contributed by atoms with Gasteiger partial charge in [-0.15, -0.1) is 0 Å². The summed E-state index contributed by atoms with van der Waals surface area (Å²) in [6.07, 6.45) is 1.58. The Hall–Kier alpha value is -2.93. The highest BCUT2D eigenvalue weighted by Gasteiger charge is 2.07. The van der Waals surface area contributed by atoms with Gasteiger partial charge in [-0.05, 0) is 48.1 Å². The molecule has 2 aromatic carbocycles. The quantitative estimate of drug-likeness (QED) is 0.286. The van der Waals surface area contributed by atoms with Gasteiger partial charge in [0.25, 0.3) is 0 Å². The van der Waals surface area contributed by atoms with Crippen molar-refractivity contribution in [2.75, 3.05) is 12.4 Å². The van der Waals surface area contributed by atoms with Crippen molar-refractivity contribution in [3.05, 3.63) is 54.1 Å². The first-order valence-corrected chi connectivity index (χ1v) is 7.51. The van der Waals surface area contributed by atoms with Gasteiger partial charge < -0.3 is 14.8 Å². The molecule has 24 heavy (non-hydrogen) atoms. The zero-order chi connectivity index (χ0) is 17.4. The molecule has 2 aromatic rings. The van der Waals surface area contributed by atoms with Crippen LogP contribution in [-0.4, -0.2) is 24.4 Å². The molecule has 0 spiro atoms. The Kier molecular flexibility index (Phi) is 6.27. The maximum atomic E-state index is 11.0. The summed E-state index contributed by atoms with van der Waals surface area (Å²) in [5, 5.41) is 7.44. The van der Waals surface area contributed by atoms with Crippen LogP contribution >= 0.6 is 12.2 Å². The molecule has 0 atom stereocenters. The number of nitrogens with one attached hydrogen (secondary N) is 2. The summed E-state index contributed by atoms with van der Waals surface area (Å²) in [5.41, 5.74) is 4.36. The zero-order valence-corrected chi connectivity index (χ0v) is 14.1. The van der Waals surface area contributed by atoms with Gasteiger partial charge in [-0.25, -0.2) is 0 Å². The minimum Gasteiger partial charge on any atom is -0.493 e. The molecule has 0 radical (unpaired) electrons. The van der Waals surface area contributed by atoms with Crippen LogP contribution in [0.3, 0.4) is 0 Å². The molecule has 0 heterocycles. The molecule has 6 nitrogen and oxygen atoms in total. The van der Waals surface area contributed by atoms with E-state index in [2.05, 4.69) is 15.8 Å². The Morgan fingerprint density at radius 2 is 1.92 bits per heavy atom. The largest absolute Gasteiger partial charge is 0.493 e.